The molecular weight excluding hydrogens is 322 g/mol. The SMILES string of the molecule is CC1(C)CCc2c(-c3ccco3)nc3sc(C(N)=O)c(N)c3c2C1. The van der Waals surface area contributed by atoms with Crippen LogP contribution in [-0.4, -0.2) is 10.9 Å². The summed E-state index contributed by atoms with van der Waals surface area (Å²) in [5.41, 5.74) is 15.6. The number of rotatable bonds is 2. The number of carbonyl (C=O) groups excluding carboxylic acids is 1. The fraction of sp³-hybridized carbons (Fsp3) is 0.333. The fourth-order valence-corrected chi connectivity index (χ4v) is 4.54. The summed E-state index contributed by atoms with van der Waals surface area (Å²) in [6.07, 6.45) is 4.54. The number of nitrogens with two attached hydrogens (primary N) is 2. The summed E-state index contributed by atoms with van der Waals surface area (Å²) in [7, 11) is 0. The van der Waals surface area contributed by atoms with E-state index in [1.54, 1.807) is 6.26 Å². The van der Waals surface area contributed by atoms with Crippen LogP contribution in [0, 0.1) is 5.41 Å². The van der Waals surface area contributed by atoms with Gasteiger partial charge in [-0.15, -0.1) is 11.3 Å². The Labute approximate surface area is 143 Å². The number of furan rings is 1. The van der Waals surface area contributed by atoms with Crippen LogP contribution in [-0.2, 0) is 12.8 Å². The average Bonchev–Trinajstić information content (AvgIpc) is 3.13. The second-order valence-electron chi connectivity index (χ2n) is 7.13. The number of anilines is 1. The van der Waals surface area contributed by atoms with E-state index in [1.165, 1.54) is 22.5 Å². The third-order valence-electron chi connectivity index (χ3n) is 4.78. The van der Waals surface area contributed by atoms with Crippen LogP contribution in [0.25, 0.3) is 21.7 Å². The van der Waals surface area contributed by atoms with Crippen molar-refractivity contribution in [2.24, 2.45) is 11.1 Å². The molecule has 6 heteroatoms. The molecule has 3 aromatic rings. The van der Waals surface area contributed by atoms with Crippen LogP contribution in [0.3, 0.4) is 0 Å². The molecule has 1 aliphatic rings. The number of pyridine rings is 1. The Balaban J connectivity index is 2.08. The molecule has 0 bridgehead atoms. The van der Waals surface area contributed by atoms with E-state index in [4.69, 9.17) is 20.9 Å². The van der Waals surface area contributed by atoms with Crippen LogP contribution in [0.1, 0.15) is 41.1 Å². The van der Waals surface area contributed by atoms with Gasteiger partial charge in [0.15, 0.2) is 5.76 Å². The lowest BCUT2D eigenvalue weighted by Crippen LogP contribution is -2.23. The summed E-state index contributed by atoms with van der Waals surface area (Å²) in [4.78, 5) is 17.6. The molecule has 0 spiro atoms. The van der Waals surface area contributed by atoms with E-state index in [2.05, 4.69) is 13.8 Å². The molecule has 0 atom stereocenters. The molecule has 0 saturated carbocycles. The van der Waals surface area contributed by atoms with Gasteiger partial charge in [-0.2, -0.15) is 0 Å². The second kappa shape index (κ2) is 5.08. The van der Waals surface area contributed by atoms with Crippen molar-refractivity contribution in [1.29, 1.82) is 0 Å². The van der Waals surface area contributed by atoms with Gasteiger partial charge < -0.3 is 15.9 Å². The minimum atomic E-state index is -0.501. The first kappa shape index (κ1) is 15.2. The fourth-order valence-electron chi connectivity index (χ4n) is 3.56. The molecule has 0 radical (unpaired) electrons. The Hall–Kier alpha value is -2.34. The predicted octanol–water partition coefficient (Wildman–Crippen LogP) is 3.75. The number of nitrogen functional groups attached to an aromatic ring is 1. The molecule has 0 fully saturated rings. The summed E-state index contributed by atoms with van der Waals surface area (Å²) in [5.74, 6) is 0.249. The van der Waals surface area contributed by atoms with Gasteiger partial charge in [-0.25, -0.2) is 4.98 Å². The van der Waals surface area contributed by atoms with E-state index in [-0.39, 0.29) is 5.41 Å². The first-order valence-corrected chi connectivity index (χ1v) is 8.76. The van der Waals surface area contributed by atoms with Gasteiger partial charge in [0.1, 0.15) is 15.4 Å². The van der Waals surface area contributed by atoms with Crippen molar-refractivity contribution in [2.75, 3.05) is 5.73 Å². The highest BCUT2D eigenvalue weighted by Crippen LogP contribution is 2.45. The second-order valence-corrected chi connectivity index (χ2v) is 8.12. The number of hydrogen-bond donors (Lipinski definition) is 2. The molecule has 0 saturated heterocycles. The lowest BCUT2D eigenvalue weighted by atomic mass is 9.73. The van der Waals surface area contributed by atoms with Crippen molar-refractivity contribution in [2.45, 2.75) is 33.1 Å². The maximum Gasteiger partial charge on any atom is 0.260 e. The number of primary amides is 1. The Bertz CT molecular complexity index is 955. The van der Waals surface area contributed by atoms with Gasteiger partial charge >= 0.3 is 0 Å². The number of hydrogen-bond acceptors (Lipinski definition) is 5. The smallest absolute Gasteiger partial charge is 0.260 e. The molecule has 3 aromatic heterocycles. The highest BCUT2D eigenvalue weighted by atomic mass is 32.1. The van der Waals surface area contributed by atoms with Crippen molar-refractivity contribution in [3.8, 4) is 11.5 Å². The van der Waals surface area contributed by atoms with Crippen LogP contribution in [0.15, 0.2) is 22.8 Å². The van der Waals surface area contributed by atoms with E-state index in [1.807, 2.05) is 12.1 Å². The quantitative estimate of drug-likeness (QED) is 0.742. The first-order valence-electron chi connectivity index (χ1n) is 7.95. The van der Waals surface area contributed by atoms with E-state index >= 15 is 0 Å². The molecule has 0 aromatic carbocycles. The molecule has 24 heavy (non-hydrogen) atoms. The summed E-state index contributed by atoms with van der Waals surface area (Å²) in [6.45, 7) is 4.51. The molecule has 0 unspecified atom stereocenters. The van der Waals surface area contributed by atoms with Crippen LogP contribution < -0.4 is 11.5 Å². The lowest BCUT2D eigenvalue weighted by Gasteiger charge is -2.32. The molecule has 3 heterocycles. The van der Waals surface area contributed by atoms with Gasteiger partial charge in [0, 0.05) is 5.39 Å². The maximum atomic E-state index is 11.7. The van der Waals surface area contributed by atoms with Crippen LogP contribution in [0.4, 0.5) is 5.69 Å². The van der Waals surface area contributed by atoms with Gasteiger partial charge in [-0.1, -0.05) is 13.8 Å². The number of amides is 1. The third-order valence-corrected chi connectivity index (χ3v) is 5.89. The zero-order chi connectivity index (χ0) is 17.1. The molecule has 1 aliphatic carbocycles. The number of fused-ring (bicyclic) bond motifs is 3. The van der Waals surface area contributed by atoms with Gasteiger partial charge in [-0.3, -0.25) is 4.79 Å². The van der Waals surface area contributed by atoms with Gasteiger partial charge in [0.2, 0.25) is 0 Å². The zero-order valence-corrected chi connectivity index (χ0v) is 14.5. The molecule has 1 amide bonds. The van der Waals surface area contributed by atoms with Gasteiger partial charge in [0.05, 0.1) is 12.0 Å². The highest BCUT2D eigenvalue weighted by molar-refractivity contribution is 7.21. The predicted molar refractivity (Wildman–Crippen MR) is 96.1 cm³/mol. The Morgan fingerprint density at radius 3 is 2.83 bits per heavy atom. The summed E-state index contributed by atoms with van der Waals surface area (Å²) in [5, 5.41) is 0.895. The Kier molecular flexibility index (Phi) is 3.22. The first-order chi connectivity index (χ1) is 11.4. The van der Waals surface area contributed by atoms with Gasteiger partial charge in [-0.05, 0) is 47.9 Å². The van der Waals surface area contributed by atoms with Crippen molar-refractivity contribution < 1.29 is 9.21 Å². The minimum Gasteiger partial charge on any atom is -0.463 e. The number of thiophene rings is 1. The van der Waals surface area contributed by atoms with Crippen molar-refractivity contribution >= 4 is 33.1 Å². The summed E-state index contributed by atoms with van der Waals surface area (Å²) >= 11 is 1.26. The minimum absolute atomic E-state index is 0.184. The molecule has 124 valence electrons. The standard InChI is InChI=1S/C18H19N3O2S/c1-18(2)6-5-9-10(8-18)12-13(19)15(16(20)22)24-17(12)21-14(9)11-4-3-7-23-11/h3-4,7H,5-6,8,19H2,1-2H3,(H2,20,22). The average molecular weight is 341 g/mol. The largest absolute Gasteiger partial charge is 0.463 e. The van der Waals surface area contributed by atoms with Crippen LogP contribution in [0.5, 0.6) is 0 Å². The monoisotopic (exact) mass is 341 g/mol. The van der Waals surface area contributed by atoms with E-state index < -0.39 is 5.91 Å². The highest BCUT2D eigenvalue weighted by Gasteiger charge is 2.32. The summed E-state index contributed by atoms with van der Waals surface area (Å²) in [6, 6.07) is 3.78. The number of carbonyl (C=O) groups is 1. The van der Waals surface area contributed by atoms with E-state index in [9.17, 15) is 4.79 Å². The summed E-state index contributed by atoms with van der Waals surface area (Å²) < 4.78 is 5.59. The normalized spacial score (nSPS) is 16.2. The Morgan fingerprint density at radius 1 is 1.38 bits per heavy atom. The molecule has 5 nitrogen and oxygen atoms in total. The Morgan fingerprint density at radius 2 is 2.17 bits per heavy atom. The zero-order valence-electron chi connectivity index (χ0n) is 13.7. The number of aromatic nitrogens is 1. The van der Waals surface area contributed by atoms with E-state index in [0.717, 1.165) is 40.9 Å². The molecule has 4 N–H and O–H groups in total. The van der Waals surface area contributed by atoms with Gasteiger partial charge in [0.25, 0.3) is 5.91 Å². The maximum absolute atomic E-state index is 11.7. The van der Waals surface area contributed by atoms with E-state index in [0.29, 0.717) is 10.6 Å². The van der Waals surface area contributed by atoms with Crippen LogP contribution >= 0.6 is 11.3 Å². The van der Waals surface area contributed by atoms with Crippen molar-refractivity contribution in [3.63, 3.8) is 0 Å². The third kappa shape index (κ3) is 2.21. The molecule has 0 aliphatic heterocycles. The molecule has 4 rings (SSSR count). The molecular formula is C18H19N3O2S. The van der Waals surface area contributed by atoms with Crippen LogP contribution in [0.2, 0.25) is 0 Å². The van der Waals surface area contributed by atoms with Crippen molar-refractivity contribution in [3.05, 3.63) is 34.4 Å². The van der Waals surface area contributed by atoms with Crippen molar-refractivity contribution in [1.82, 2.24) is 4.98 Å². The number of nitrogens with zero attached hydrogens (tertiary/aromatic N) is 1. The lowest BCUT2D eigenvalue weighted by molar-refractivity contribution is 0.100. The topological polar surface area (TPSA) is 95.1 Å².